The first kappa shape index (κ1) is 20.3. The SMILES string of the molecule is c1ccc2c(c1)c1ccccc1c1c(Nc3cccc4c5ccccc5c5ccccc5c34)cccc21. The van der Waals surface area contributed by atoms with Gasteiger partial charge in [0.15, 0.2) is 0 Å². The number of fused-ring (bicyclic) bond motifs is 12. The lowest BCUT2D eigenvalue weighted by molar-refractivity contribution is 1.63. The highest BCUT2D eigenvalue weighted by atomic mass is 14.9. The van der Waals surface area contributed by atoms with Crippen molar-refractivity contribution in [3.8, 4) is 0 Å². The van der Waals surface area contributed by atoms with Crippen LogP contribution >= 0.6 is 0 Å². The van der Waals surface area contributed by atoms with E-state index in [9.17, 15) is 0 Å². The molecule has 0 saturated carbocycles. The fraction of sp³-hybridized carbons (Fsp3) is 0. The van der Waals surface area contributed by atoms with E-state index in [0.29, 0.717) is 0 Å². The lowest BCUT2D eigenvalue weighted by Crippen LogP contribution is -1.95. The molecule has 1 nitrogen and oxygen atoms in total. The first-order chi connectivity index (χ1) is 18.4. The van der Waals surface area contributed by atoms with Gasteiger partial charge in [0.05, 0.1) is 0 Å². The average molecular weight is 470 g/mol. The summed E-state index contributed by atoms with van der Waals surface area (Å²) in [5.41, 5.74) is 2.26. The molecule has 0 spiro atoms. The zero-order chi connectivity index (χ0) is 24.3. The van der Waals surface area contributed by atoms with Gasteiger partial charge in [0, 0.05) is 22.1 Å². The molecule has 1 heteroatoms. The summed E-state index contributed by atoms with van der Waals surface area (Å²) in [7, 11) is 0. The van der Waals surface area contributed by atoms with E-state index < -0.39 is 0 Å². The van der Waals surface area contributed by atoms with Gasteiger partial charge in [-0.3, -0.25) is 0 Å². The van der Waals surface area contributed by atoms with Crippen LogP contribution in [0.5, 0.6) is 0 Å². The zero-order valence-corrected chi connectivity index (χ0v) is 20.2. The van der Waals surface area contributed by atoms with E-state index in [1.54, 1.807) is 0 Å². The molecule has 0 aromatic heterocycles. The second kappa shape index (κ2) is 7.81. The number of hydrogen-bond donors (Lipinski definition) is 1. The quantitative estimate of drug-likeness (QED) is 0.248. The van der Waals surface area contributed by atoms with Crippen LogP contribution in [0.2, 0.25) is 0 Å². The van der Waals surface area contributed by atoms with Gasteiger partial charge in [0.25, 0.3) is 0 Å². The molecule has 0 heterocycles. The second-order valence-corrected chi connectivity index (χ2v) is 9.76. The van der Waals surface area contributed by atoms with Gasteiger partial charge in [-0.15, -0.1) is 0 Å². The van der Waals surface area contributed by atoms with Crippen LogP contribution in [0.1, 0.15) is 0 Å². The highest BCUT2D eigenvalue weighted by Gasteiger charge is 2.14. The Morgan fingerprint density at radius 1 is 0.243 bits per heavy atom. The van der Waals surface area contributed by atoms with Gasteiger partial charge in [-0.05, 0) is 66.0 Å². The maximum Gasteiger partial charge on any atom is 0.0470 e. The molecule has 8 aromatic rings. The molecule has 8 aromatic carbocycles. The third-order valence-electron chi connectivity index (χ3n) is 7.81. The Labute approximate surface area is 214 Å². The Hall–Kier alpha value is -4.88. The Bertz CT molecular complexity index is 1920. The van der Waals surface area contributed by atoms with Gasteiger partial charge in [-0.25, -0.2) is 0 Å². The first-order valence-electron chi connectivity index (χ1n) is 12.8. The van der Waals surface area contributed by atoms with E-state index in [1.165, 1.54) is 64.6 Å². The zero-order valence-electron chi connectivity index (χ0n) is 20.2. The molecule has 0 aliphatic heterocycles. The summed E-state index contributed by atoms with van der Waals surface area (Å²) in [5, 5.41) is 19.3. The topological polar surface area (TPSA) is 12.0 Å². The third-order valence-corrected chi connectivity index (χ3v) is 7.81. The Balaban J connectivity index is 1.48. The summed E-state index contributed by atoms with van der Waals surface area (Å²) in [6.07, 6.45) is 0. The molecule has 0 unspecified atom stereocenters. The molecule has 0 bridgehead atoms. The normalized spacial score (nSPS) is 11.8. The summed E-state index contributed by atoms with van der Waals surface area (Å²) < 4.78 is 0. The predicted octanol–water partition coefficient (Wildman–Crippen LogP) is 10.3. The summed E-state index contributed by atoms with van der Waals surface area (Å²) in [5.74, 6) is 0. The lowest BCUT2D eigenvalue weighted by Gasteiger charge is -2.18. The Kier molecular flexibility index (Phi) is 4.29. The molecule has 8 rings (SSSR count). The Morgan fingerprint density at radius 3 is 0.811 bits per heavy atom. The molecular formula is C36H23N. The maximum absolute atomic E-state index is 3.90. The highest BCUT2D eigenvalue weighted by Crippen LogP contribution is 2.42. The first-order valence-corrected chi connectivity index (χ1v) is 12.8. The summed E-state index contributed by atoms with van der Waals surface area (Å²) >= 11 is 0. The van der Waals surface area contributed by atoms with Gasteiger partial charge >= 0.3 is 0 Å². The number of benzene rings is 8. The van der Waals surface area contributed by atoms with Gasteiger partial charge in [-0.2, -0.15) is 0 Å². The standard InChI is InChI=1S/C36H23N/c1-3-13-27-23(11-1)25-15-5-7-17-29(25)35-31(27)19-9-21-33(35)37-34-22-10-20-32-28-14-4-2-12-24(28)26-16-6-8-18-30(26)36(32)34/h1-22,37H. The van der Waals surface area contributed by atoms with Crippen LogP contribution in [0.15, 0.2) is 133 Å². The summed E-state index contributed by atoms with van der Waals surface area (Å²) in [4.78, 5) is 0. The lowest BCUT2D eigenvalue weighted by atomic mass is 9.92. The molecule has 1 N–H and O–H groups in total. The third kappa shape index (κ3) is 2.92. The predicted molar refractivity (Wildman–Crippen MR) is 161 cm³/mol. The maximum atomic E-state index is 3.90. The van der Waals surface area contributed by atoms with Crippen LogP contribution in [-0.2, 0) is 0 Å². The Morgan fingerprint density at radius 2 is 0.486 bits per heavy atom. The molecular weight excluding hydrogens is 446 g/mol. The molecule has 37 heavy (non-hydrogen) atoms. The van der Waals surface area contributed by atoms with Gasteiger partial charge in [-0.1, -0.05) is 121 Å². The monoisotopic (exact) mass is 469 g/mol. The highest BCUT2D eigenvalue weighted by molar-refractivity contribution is 6.30. The van der Waals surface area contributed by atoms with E-state index >= 15 is 0 Å². The van der Waals surface area contributed by atoms with Crippen LogP contribution in [0, 0.1) is 0 Å². The van der Waals surface area contributed by atoms with Crippen molar-refractivity contribution in [1.29, 1.82) is 0 Å². The van der Waals surface area contributed by atoms with Gasteiger partial charge in [0.2, 0.25) is 0 Å². The molecule has 0 atom stereocenters. The molecule has 0 amide bonds. The van der Waals surface area contributed by atoms with Crippen LogP contribution in [0.4, 0.5) is 11.4 Å². The van der Waals surface area contributed by atoms with Crippen molar-refractivity contribution in [2.24, 2.45) is 0 Å². The van der Waals surface area contributed by atoms with Crippen molar-refractivity contribution in [2.75, 3.05) is 5.32 Å². The van der Waals surface area contributed by atoms with Crippen molar-refractivity contribution in [2.45, 2.75) is 0 Å². The van der Waals surface area contributed by atoms with Crippen molar-refractivity contribution in [1.82, 2.24) is 0 Å². The minimum absolute atomic E-state index is 1.13. The number of anilines is 2. The number of rotatable bonds is 2. The fourth-order valence-electron chi connectivity index (χ4n) is 6.26. The molecule has 0 aliphatic rings. The fourth-order valence-corrected chi connectivity index (χ4v) is 6.26. The average Bonchev–Trinajstić information content (AvgIpc) is 2.97. The largest absolute Gasteiger partial charge is 0.354 e. The van der Waals surface area contributed by atoms with Crippen LogP contribution in [0.25, 0.3) is 64.6 Å². The number of hydrogen-bond acceptors (Lipinski definition) is 1. The van der Waals surface area contributed by atoms with Crippen LogP contribution in [0.3, 0.4) is 0 Å². The van der Waals surface area contributed by atoms with E-state index in [0.717, 1.165) is 11.4 Å². The smallest absolute Gasteiger partial charge is 0.0470 e. The molecule has 0 aliphatic carbocycles. The molecule has 0 fully saturated rings. The second-order valence-electron chi connectivity index (χ2n) is 9.76. The van der Waals surface area contributed by atoms with E-state index in [2.05, 4.69) is 139 Å². The van der Waals surface area contributed by atoms with Crippen molar-refractivity contribution in [3.05, 3.63) is 133 Å². The molecule has 0 saturated heterocycles. The molecule has 172 valence electrons. The minimum atomic E-state index is 1.13. The van der Waals surface area contributed by atoms with Crippen molar-refractivity contribution in [3.63, 3.8) is 0 Å². The van der Waals surface area contributed by atoms with Crippen LogP contribution < -0.4 is 5.32 Å². The van der Waals surface area contributed by atoms with Crippen molar-refractivity contribution >= 4 is 76.0 Å². The van der Waals surface area contributed by atoms with E-state index in [-0.39, 0.29) is 0 Å². The van der Waals surface area contributed by atoms with E-state index in [1.807, 2.05) is 0 Å². The van der Waals surface area contributed by atoms with Gasteiger partial charge < -0.3 is 5.32 Å². The summed E-state index contributed by atoms with van der Waals surface area (Å²) in [6, 6.07) is 48.3. The van der Waals surface area contributed by atoms with Crippen LogP contribution in [-0.4, -0.2) is 0 Å². The van der Waals surface area contributed by atoms with Gasteiger partial charge in [0.1, 0.15) is 0 Å². The molecule has 0 radical (unpaired) electrons. The van der Waals surface area contributed by atoms with E-state index in [4.69, 9.17) is 0 Å². The van der Waals surface area contributed by atoms with Crippen molar-refractivity contribution < 1.29 is 0 Å². The summed E-state index contributed by atoms with van der Waals surface area (Å²) in [6.45, 7) is 0. The number of nitrogens with one attached hydrogen (secondary N) is 1. The minimum Gasteiger partial charge on any atom is -0.354 e.